The third kappa shape index (κ3) is 5.14. The lowest BCUT2D eigenvalue weighted by Crippen LogP contribution is -2.27. The van der Waals surface area contributed by atoms with Crippen LogP contribution in [0.3, 0.4) is 0 Å². The summed E-state index contributed by atoms with van der Waals surface area (Å²) in [6, 6.07) is 19.6. The van der Waals surface area contributed by atoms with Gasteiger partial charge in [0, 0.05) is 0 Å². The van der Waals surface area contributed by atoms with E-state index in [4.69, 9.17) is 4.52 Å². The summed E-state index contributed by atoms with van der Waals surface area (Å²) in [7, 11) is -2.79. The minimum absolute atomic E-state index is 0.0469. The highest BCUT2D eigenvalue weighted by Gasteiger charge is 2.45. The van der Waals surface area contributed by atoms with Gasteiger partial charge in [-0.1, -0.05) is 69.0 Å². The number of unbranched alkanes of at least 4 members (excludes halogenated alkanes) is 3. The minimum Gasteiger partial charge on any atom is -0.209 e. The molecule has 0 saturated carbocycles. The third-order valence-corrected chi connectivity index (χ3v) is 6.67. The normalized spacial score (nSPS) is 13.0. The Labute approximate surface area is 141 Å². The fraction of sp³-hybridized carbons (Fsp3) is 0.400. The molecule has 23 heavy (non-hydrogen) atoms. The van der Waals surface area contributed by atoms with E-state index in [1.165, 1.54) is 19.3 Å². The smallest absolute Gasteiger partial charge is 0.209 e. The SMILES string of the molecule is CCCCCCC(C)O[P+](O)(c1ccccc1)c1ccccc1. The van der Waals surface area contributed by atoms with Crippen LogP contribution in [-0.2, 0) is 4.52 Å². The topological polar surface area (TPSA) is 29.5 Å². The van der Waals surface area contributed by atoms with Gasteiger partial charge < -0.3 is 0 Å². The largest absolute Gasteiger partial charge is 0.336 e. The average molecular weight is 331 g/mol. The van der Waals surface area contributed by atoms with Crippen LogP contribution >= 0.6 is 7.72 Å². The summed E-state index contributed by atoms with van der Waals surface area (Å²) in [5.74, 6) is 0. The van der Waals surface area contributed by atoms with Gasteiger partial charge in [-0.2, -0.15) is 4.52 Å². The van der Waals surface area contributed by atoms with Crippen LogP contribution < -0.4 is 10.6 Å². The van der Waals surface area contributed by atoms with Crippen LogP contribution in [0, 0.1) is 0 Å². The van der Waals surface area contributed by atoms with Gasteiger partial charge in [0.2, 0.25) is 0 Å². The molecule has 0 bridgehead atoms. The zero-order valence-electron chi connectivity index (χ0n) is 14.2. The molecule has 3 heteroatoms. The third-order valence-electron chi connectivity index (χ3n) is 4.01. The van der Waals surface area contributed by atoms with Crippen molar-refractivity contribution < 1.29 is 9.42 Å². The van der Waals surface area contributed by atoms with Gasteiger partial charge in [0.25, 0.3) is 0 Å². The molecule has 0 radical (unpaired) electrons. The summed E-state index contributed by atoms with van der Waals surface area (Å²) in [4.78, 5) is 11.4. The van der Waals surface area contributed by atoms with E-state index in [1.54, 1.807) is 0 Å². The van der Waals surface area contributed by atoms with Crippen molar-refractivity contribution in [3.8, 4) is 0 Å². The summed E-state index contributed by atoms with van der Waals surface area (Å²) in [6.07, 6.45) is 5.92. The molecule has 0 aromatic heterocycles. The van der Waals surface area contributed by atoms with Crippen LogP contribution in [0.25, 0.3) is 0 Å². The van der Waals surface area contributed by atoms with E-state index in [1.807, 2.05) is 60.7 Å². The van der Waals surface area contributed by atoms with Gasteiger partial charge in [-0.05, 0) is 37.6 Å². The van der Waals surface area contributed by atoms with Gasteiger partial charge in [0.1, 0.15) is 6.10 Å². The first kappa shape index (κ1) is 18.1. The molecule has 0 aliphatic carbocycles. The maximum Gasteiger partial charge on any atom is 0.336 e. The van der Waals surface area contributed by atoms with Crippen molar-refractivity contribution in [2.45, 2.75) is 52.1 Å². The Morgan fingerprint density at radius 3 is 1.87 bits per heavy atom. The lowest BCUT2D eigenvalue weighted by atomic mass is 10.1. The molecule has 2 aromatic carbocycles. The fourth-order valence-corrected chi connectivity index (χ4v) is 5.02. The molecule has 2 nitrogen and oxygen atoms in total. The van der Waals surface area contributed by atoms with E-state index in [2.05, 4.69) is 13.8 Å². The molecule has 2 rings (SSSR count). The molecule has 124 valence electrons. The zero-order valence-corrected chi connectivity index (χ0v) is 15.1. The fourth-order valence-electron chi connectivity index (χ4n) is 2.70. The molecule has 0 saturated heterocycles. The van der Waals surface area contributed by atoms with Gasteiger partial charge in [-0.25, -0.2) is 4.89 Å². The maximum atomic E-state index is 11.4. The second kappa shape index (κ2) is 9.17. The van der Waals surface area contributed by atoms with Gasteiger partial charge in [0.15, 0.2) is 10.6 Å². The summed E-state index contributed by atoms with van der Waals surface area (Å²) < 4.78 is 6.26. The zero-order chi connectivity index (χ0) is 16.5. The van der Waals surface area contributed by atoms with Crippen LogP contribution in [0.15, 0.2) is 60.7 Å². The van der Waals surface area contributed by atoms with Gasteiger partial charge in [-0.15, -0.1) is 0 Å². The van der Waals surface area contributed by atoms with Gasteiger partial charge in [0.05, 0.1) is 0 Å². The molecule has 1 N–H and O–H groups in total. The van der Waals surface area contributed by atoms with Crippen molar-refractivity contribution in [3.05, 3.63) is 60.7 Å². The first-order valence-corrected chi connectivity index (χ1v) is 10.2. The van der Waals surface area contributed by atoms with Crippen LogP contribution in [0.2, 0.25) is 0 Å². The summed E-state index contributed by atoms with van der Waals surface area (Å²) in [5.41, 5.74) is 0. The molecule has 2 aromatic rings. The predicted molar refractivity (Wildman–Crippen MR) is 101 cm³/mol. The van der Waals surface area contributed by atoms with E-state index in [9.17, 15) is 4.89 Å². The molecule has 0 spiro atoms. The Balaban J connectivity index is 2.15. The Morgan fingerprint density at radius 1 is 0.870 bits per heavy atom. The van der Waals surface area contributed by atoms with Crippen LogP contribution in [0.5, 0.6) is 0 Å². The Morgan fingerprint density at radius 2 is 1.39 bits per heavy atom. The van der Waals surface area contributed by atoms with Crippen molar-refractivity contribution in [3.63, 3.8) is 0 Å². The second-order valence-electron chi connectivity index (χ2n) is 6.01. The van der Waals surface area contributed by atoms with E-state index < -0.39 is 7.72 Å². The van der Waals surface area contributed by atoms with Crippen molar-refractivity contribution in [1.29, 1.82) is 0 Å². The first-order chi connectivity index (χ1) is 11.2. The molecule has 0 heterocycles. The molecule has 1 unspecified atom stereocenters. The monoisotopic (exact) mass is 331 g/mol. The van der Waals surface area contributed by atoms with Gasteiger partial charge >= 0.3 is 7.72 Å². The minimum atomic E-state index is -2.79. The molecular weight excluding hydrogens is 303 g/mol. The van der Waals surface area contributed by atoms with Crippen LogP contribution in [0.4, 0.5) is 0 Å². The number of hydrogen-bond acceptors (Lipinski definition) is 2. The standard InChI is InChI=1S/C20H28O2P/c1-3-4-5-8-13-18(2)22-23(21,19-14-9-6-10-15-19)20-16-11-7-12-17-20/h6-7,9-12,14-18,21H,3-5,8,13H2,1-2H3/q+1. The maximum absolute atomic E-state index is 11.4. The van der Waals surface area contributed by atoms with Crippen molar-refractivity contribution in [2.24, 2.45) is 0 Å². The average Bonchev–Trinajstić information content (AvgIpc) is 2.60. The molecule has 1 atom stereocenters. The van der Waals surface area contributed by atoms with Crippen molar-refractivity contribution >= 4 is 18.3 Å². The molecule has 0 aliphatic rings. The summed E-state index contributed by atoms with van der Waals surface area (Å²) in [6.45, 7) is 4.29. The molecule has 0 aliphatic heterocycles. The lowest BCUT2D eigenvalue weighted by molar-refractivity contribution is 0.204. The van der Waals surface area contributed by atoms with E-state index in [-0.39, 0.29) is 6.10 Å². The lowest BCUT2D eigenvalue weighted by Gasteiger charge is -2.22. The van der Waals surface area contributed by atoms with Crippen molar-refractivity contribution in [2.75, 3.05) is 0 Å². The van der Waals surface area contributed by atoms with E-state index in [0.29, 0.717) is 0 Å². The molecule has 0 fully saturated rings. The highest BCUT2D eigenvalue weighted by atomic mass is 31.2. The predicted octanol–water partition coefficient (Wildman–Crippen LogP) is 4.85. The highest BCUT2D eigenvalue weighted by Crippen LogP contribution is 2.54. The quantitative estimate of drug-likeness (QED) is 0.525. The van der Waals surface area contributed by atoms with Crippen molar-refractivity contribution in [1.82, 2.24) is 0 Å². The van der Waals surface area contributed by atoms with Gasteiger partial charge in [-0.3, -0.25) is 0 Å². The second-order valence-corrected chi connectivity index (χ2v) is 8.41. The van der Waals surface area contributed by atoms with Crippen LogP contribution in [-0.4, -0.2) is 11.0 Å². The van der Waals surface area contributed by atoms with E-state index in [0.717, 1.165) is 23.5 Å². The van der Waals surface area contributed by atoms with Crippen LogP contribution in [0.1, 0.15) is 46.0 Å². The summed E-state index contributed by atoms with van der Waals surface area (Å²) >= 11 is 0. The number of benzene rings is 2. The Kier molecular flexibility index (Phi) is 7.23. The molecular formula is C20H28O2P+. The Hall–Kier alpha value is -1.21. The highest BCUT2D eigenvalue weighted by molar-refractivity contribution is 7.80. The first-order valence-electron chi connectivity index (χ1n) is 8.58. The number of hydrogen-bond donors (Lipinski definition) is 1. The van der Waals surface area contributed by atoms with E-state index >= 15 is 0 Å². The number of rotatable bonds is 9. The Bertz CT molecular complexity index is 517. The molecule has 0 amide bonds. The summed E-state index contributed by atoms with van der Waals surface area (Å²) in [5, 5.41) is 1.76.